The Kier molecular flexibility index (Phi) is 11.1. The first kappa shape index (κ1) is 36.4. The third kappa shape index (κ3) is 8.17. The van der Waals surface area contributed by atoms with Crippen LogP contribution in [0.5, 0.6) is 0 Å². The first-order chi connectivity index (χ1) is 26.3. The molecular weight excluding hydrogens is 717 g/mol. The van der Waals surface area contributed by atoms with E-state index >= 15 is 0 Å². The van der Waals surface area contributed by atoms with Gasteiger partial charge in [0.2, 0.25) is 5.91 Å². The maximum atomic E-state index is 13.8. The molecule has 11 heteroatoms. The van der Waals surface area contributed by atoms with E-state index in [0.29, 0.717) is 27.7 Å². The van der Waals surface area contributed by atoms with Crippen LogP contribution >= 0.6 is 23.1 Å². The molecule has 1 aliphatic carbocycles. The van der Waals surface area contributed by atoms with Crippen molar-refractivity contribution in [2.45, 2.75) is 42.2 Å². The van der Waals surface area contributed by atoms with Gasteiger partial charge in [-0.15, -0.1) is 23.1 Å². The molecule has 2 atom stereocenters. The Balaban J connectivity index is 1.06. The highest BCUT2D eigenvalue weighted by Gasteiger charge is 2.31. The van der Waals surface area contributed by atoms with Gasteiger partial charge in [0, 0.05) is 43.7 Å². The molecule has 54 heavy (non-hydrogen) atoms. The van der Waals surface area contributed by atoms with Gasteiger partial charge >= 0.3 is 5.97 Å². The molecule has 0 saturated heterocycles. The van der Waals surface area contributed by atoms with Crippen LogP contribution in [0.25, 0.3) is 17.0 Å². The average molecular weight is 755 g/mol. The number of aromatic nitrogens is 1. The fraction of sp³-hybridized carbons (Fsp3) is 0.163. The van der Waals surface area contributed by atoms with E-state index in [9.17, 15) is 19.2 Å². The van der Waals surface area contributed by atoms with Crippen molar-refractivity contribution < 1.29 is 23.9 Å². The first-order valence-electron chi connectivity index (χ1n) is 17.6. The van der Waals surface area contributed by atoms with Gasteiger partial charge in [0.15, 0.2) is 0 Å². The second kappa shape index (κ2) is 16.4. The molecule has 9 nitrogen and oxygen atoms in total. The molecule has 0 bridgehead atoms. The zero-order valence-corrected chi connectivity index (χ0v) is 31.3. The number of fused-ring (bicyclic) bond motifs is 2. The molecule has 2 heterocycles. The second-order valence-electron chi connectivity index (χ2n) is 12.9. The molecule has 0 radical (unpaired) electrons. The van der Waals surface area contributed by atoms with Crippen molar-refractivity contribution in [3.63, 3.8) is 0 Å². The summed E-state index contributed by atoms with van der Waals surface area (Å²) in [5.74, 6) is -1.30. The number of H-pyrrole nitrogens is 1. The lowest BCUT2D eigenvalue weighted by atomic mass is 9.83. The lowest BCUT2D eigenvalue weighted by molar-refractivity contribution is -0.115. The maximum absolute atomic E-state index is 13.8. The smallest absolute Gasteiger partial charge is 0.341 e. The van der Waals surface area contributed by atoms with Crippen molar-refractivity contribution in [1.29, 1.82) is 0 Å². The van der Waals surface area contributed by atoms with Crippen molar-refractivity contribution in [2.24, 2.45) is 0 Å². The van der Waals surface area contributed by atoms with Gasteiger partial charge in [0.25, 0.3) is 11.8 Å². The van der Waals surface area contributed by atoms with Gasteiger partial charge in [-0.05, 0) is 85.7 Å². The van der Waals surface area contributed by atoms with E-state index < -0.39 is 23.0 Å². The Bertz CT molecular complexity index is 2370. The van der Waals surface area contributed by atoms with Crippen LogP contribution < -0.4 is 16.0 Å². The number of benzene rings is 4. The van der Waals surface area contributed by atoms with Crippen LogP contribution in [0.1, 0.15) is 61.5 Å². The summed E-state index contributed by atoms with van der Waals surface area (Å²) in [7, 11) is 1.36. The fourth-order valence-corrected chi connectivity index (χ4v) is 8.87. The van der Waals surface area contributed by atoms with Crippen LogP contribution in [-0.2, 0) is 27.2 Å². The van der Waals surface area contributed by atoms with Gasteiger partial charge in [-0.25, -0.2) is 4.79 Å². The van der Waals surface area contributed by atoms with E-state index in [4.69, 9.17) is 4.74 Å². The number of para-hydroxylation sites is 1. The highest BCUT2D eigenvalue weighted by Crippen LogP contribution is 2.43. The minimum Gasteiger partial charge on any atom is -0.465 e. The predicted octanol–water partition coefficient (Wildman–Crippen LogP) is 8.82. The van der Waals surface area contributed by atoms with Gasteiger partial charge in [-0.2, -0.15) is 0 Å². The topological polar surface area (TPSA) is 129 Å². The maximum Gasteiger partial charge on any atom is 0.341 e. The summed E-state index contributed by atoms with van der Waals surface area (Å²) in [5, 5.41) is 9.60. The van der Waals surface area contributed by atoms with Crippen LogP contribution in [0.15, 0.2) is 126 Å². The second-order valence-corrected chi connectivity index (χ2v) is 15.5. The number of carbonyl (C=O) groups excluding carboxylic acids is 4. The number of thiophene rings is 1. The molecule has 2 aromatic heterocycles. The first-order valence-corrected chi connectivity index (χ1v) is 19.3. The molecule has 7 rings (SSSR count). The third-order valence-electron chi connectivity index (χ3n) is 9.39. The quantitative estimate of drug-likeness (QED) is 0.0595. The zero-order valence-electron chi connectivity index (χ0n) is 29.7. The minimum absolute atomic E-state index is 0.0644. The van der Waals surface area contributed by atoms with Crippen LogP contribution in [0.4, 0.5) is 10.7 Å². The largest absolute Gasteiger partial charge is 0.465 e. The zero-order chi connectivity index (χ0) is 37.6. The standard InChI is InChI=1S/C43H38N4O5S2/c1-26(39(48)47-42-38(43(51)52-2)34-21-20-29(23-37(34)54-42)27-12-5-3-6-13-27)53-32-17-11-16-31(24-32)45-41(50)36(46-40(49)28-14-7-4-8-15-28)22-30-25-44-35-19-10-9-18-33(30)35/h3-19,22,24-26,29,44H,20-21,23H2,1-2H3,(H,45,50)(H,46,49)(H,47,48)/b36-22-. The van der Waals surface area contributed by atoms with Crippen LogP contribution in [0.3, 0.4) is 0 Å². The number of esters is 1. The van der Waals surface area contributed by atoms with Gasteiger partial charge in [0.05, 0.1) is 17.9 Å². The summed E-state index contributed by atoms with van der Waals surface area (Å²) in [4.78, 5) is 58.6. The third-order valence-corrected chi connectivity index (χ3v) is 11.6. The van der Waals surface area contributed by atoms with Gasteiger partial charge in [0.1, 0.15) is 10.7 Å². The predicted molar refractivity (Wildman–Crippen MR) is 216 cm³/mol. The highest BCUT2D eigenvalue weighted by molar-refractivity contribution is 8.00. The number of methoxy groups -OCH3 is 1. The number of hydrogen-bond donors (Lipinski definition) is 4. The molecule has 0 spiro atoms. The number of aromatic amines is 1. The molecule has 3 amide bonds. The summed E-state index contributed by atoms with van der Waals surface area (Å²) in [6.07, 6.45) is 5.86. The Morgan fingerprint density at radius 2 is 1.65 bits per heavy atom. The minimum atomic E-state index is -0.542. The lowest BCUT2D eigenvalue weighted by Gasteiger charge is -2.22. The molecule has 0 fully saturated rings. The monoisotopic (exact) mass is 754 g/mol. The van der Waals surface area contributed by atoms with Crippen LogP contribution in [0, 0.1) is 0 Å². The number of carbonyl (C=O) groups is 4. The lowest BCUT2D eigenvalue weighted by Crippen LogP contribution is -2.30. The Hall–Kier alpha value is -5.91. The molecule has 6 aromatic rings. The molecule has 4 N–H and O–H groups in total. The van der Waals surface area contributed by atoms with Crippen LogP contribution in [0.2, 0.25) is 0 Å². The van der Waals surface area contributed by atoms with Crippen molar-refractivity contribution >= 4 is 74.5 Å². The van der Waals surface area contributed by atoms with E-state index in [0.717, 1.165) is 51.1 Å². The van der Waals surface area contributed by atoms with Crippen LogP contribution in [-0.4, -0.2) is 41.0 Å². The van der Waals surface area contributed by atoms with Crippen molar-refractivity contribution in [3.8, 4) is 0 Å². The SMILES string of the molecule is COC(=O)c1c(NC(=O)C(C)Sc2cccc(NC(=O)/C(=C/c3c[nH]c4ccccc34)NC(=O)c3ccccc3)c2)sc2c1CCC(c1ccccc1)C2. The molecular formula is C43H38N4O5S2. The van der Waals surface area contributed by atoms with E-state index in [1.807, 2.05) is 54.6 Å². The summed E-state index contributed by atoms with van der Waals surface area (Å²) in [6, 6.07) is 33.9. The summed E-state index contributed by atoms with van der Waals surface area (Å²) < 4.78 is 5.15. The Morgan fingerprint density at radius 3 is 2.43 bits per heavy atom. The number of thioether (sulfide) groups is 1. The average Bonchev–Trinajstić information content (AvgIpc) is 3.78. The molecule has 2 unspecified atom stereocenters. The normalized spacial score (nSPS) is 14.5. The van der Waals surface area contributed by atoms with Gasteiger partial charge in [-0.1, -0.05) is 72.8 Å². The van der Waals surface area contributed by atoms with Crippen molar-refractivity contribution in [2.75, 3.05) is 17.7 Å². The van der Waals surface area contributed by atoms with E-state index in [1.54, 1.807) is 61.7 Å². The molecule has 0 saturated carbocycles. The van der Waals surface area contributed by atoms with E-state index in [2.05, 4.69) is 33.1 Å². The number of rotatable bonds is 11. The number of ether oxygens (including phenoxy) is 1. The molecule has 1 aliphatic rings. The number of nitrogens with one attached hydrogen (secondary N) is 4. The Morgan fingerprint density at radius 1 is 0.907 bits per heavy atom. The number of anilines is 2. The van der Waals surface area contributed by atoms with Crippen molar-refractivity contribution in [3.05, 3.63) is 154 Å². The van der Waals surface area contributed by atoms with Gasteiger partial charge < -0.3 is 25.7 Å². The van der Waals surface area contributed by atoms with Gasteiger partial charge in [-0.3, -0.25) is 14.4 Å². The number of hydrogen-bond acceptors (Lipinski definition) is 7. The molecule has 4 aromatic carbocycles. The fourth-order valence-electron chi connectivity index (χ4n) is 6.63. The summed E-state index contributed by atoms with van der Waals surface area (Å²) >= 11 is 2.77. The van der Waals surface area contributed by atoms with Crippen molar-refractivity contribution in [1.82, 2.24) is 10.3 Å². The van der Waals surface area contributed by atoms with E-state index in [-0.39, 0.29) is 11.6 Å². The number of amides is 3. The molecule has 272 valence electrons. The van der Waals surface area contributed by atoms with E-state index in [1.165, 1.54) is 35.8 Å². The molecule has 0 aliphatic heterocycles. The summed E-state index contributed by atoms with van der Waals surface area (Å²) in [5.41, 5.74) is 5.27. The summed E-state index contributed by atoms with van der Waals surface area (Å²) in [6.45, 7) is 1.79. The Labute approximate surface area is 321 Å². The highest BCUT2D eigenvalue weighted by atomic mass is 32.2.